The molecule has 2 aromatic carbocycles. The van der Waals surface area contributed by atoms with Crippen molar-refractivity contribution >= 4 is 28.7 Å². The van der Waals surface area contributed by atoms with E-state index in [-0.39, 0.29) is 35.6 Å². The Morgan fingerprint density at radius 3 is 2.61 bits per heavy atom. The van der Waals surface area contributed by atoms with Gasteiger partial charge >= 0.3 is 5.97 Å². The minimum atomic E-state index is -1.06. The number of hydrogen-bond acceptors (Lipinski definition) is 6. The molecule has 2 heterocycles. The van der Waals surface area contributed by atoms with E-state index >= 15 is 0 Å². The van der Waals surface area contributed by atoms with Crippen LogP contribution in [0, 0.1) is 12.7 Å². The monoisotopic (exact) mass is 420 g/mol. The number of nitrogens with zero attached hydrogens (tertiary/aromatic N) is 4. The van der Waals surface area contributed by atoms with Crippen LogP contribution in [-0.4, -0.2) is 36.5 Å². The average molecular weight is 420 g/mol. The van der Waals surface area contributed by atoms with Crippen molar-refractivity contribution in [1.82, 2.24) is 19.5 Å². The van der Waals surface area contributed by atoms with Crippen LogP contribution >= 0.6 is 0 Å². The first-order valence-corrected chi connectivity index (χ1v) is 9.22. The highest BCUT2D eigenvalue weighted by molar-refractivity contribution is 6.03. The Morgan fingerprint density at radius 1 is 1.13 bits per heavy atom. The van der Waals surface area contributed by atoms with Crippen LogP contribution in [-0.2, 0) is 6.54 Å². The smallest absolute Gasteiger partial charge is 0.336 e. The number of aromatic nitrogens is 4. The number of nitrogens with one attached hydrogen (secondary N) is 1. The Labute approximate surface area is 175 Å². The number of aromatic carboxylic acids is 1. The molecule has 0 atom stereocenters. The second-order valence-electron chi connectivity index (χ2n) is 6.80. The number of amides is 1. The third-order valence-corrected chi connectivity index (χ3v) is 4.64. The molecule has 0 bridgehead atoms. The van der Waals surface area contributed by atoms with Crippen LogP contribution in [0.5, 0.6) is 0 Å². The fraction of sp³-hybridized carbons (Fsp3) is 0.0952. The van der Waals surface area contributed by atoms with Gasteiger partial charge in [0.15, 0.2) is 0 Å². The van der Waals surface area contributed by atoms with Crippen molar-refractivity contribution in [3.8, 4) is 5.95 Å². The Morgan fingerprint density at radius 2 is 1.90 bits per heavy atom. The fourth-order valence-electron chi connectivity index (χ4n) is 3.30. The van der Waals surface area contributed by atoms with E-state index in [2.05, 4.69) is 20.3 Å². The summed E-state index contributed by atoms with van der Waals surface area (Å²) in [5.74, 6) is -2.38. The molecule has 0 saturated heterocycles. The number of aryl methyl sites for hydroxylation is 1. The van der Waals surface area contributed by atoms with Gasteiger partial charge in [-0.2, -0.15) is 15.0 Å². The van der Waals surface area contributed by atoms with E-state index in [1.165, 1.54) is 18.2 Å². The van der Waals surface area contributed by atoms with Gasteiger partial charge in [-0.1, -0.05) is 18.2 Å². The number of rotatable bonds is 6. The summed E-state index contributed by atoms with van der Waals surface area (Å²) in [6, 6.07) is 12.5. The Hall–Kier alpha value is -4.34. The van der Waals surface area contributed by atoms with Gasteiger partial charge in [0.25, 0.3) is 5.91 Å². The second kappa shape index (κ2) is 7.82. The first-order valence-electron chi connectivity index (χ1n) is 9.22. The third-order valence-electron chi connectivity index (χ3n) is 4.64. The molecule has 4 rings (SSSR count). The number of carbonyl (C=O) groups excluding carboxylic acids is 1. The fourth-order valence-corrected chi connectivity index (χ4v) is 3.30. The lowest BCUT2D eigenvalue weighted by Crippen LogP contribution is -2.20. The lowest BCUT2D eigenvalue weighted by Gasteiger charge is -2.11. The Kier molecular flexibility index (Phi) is 5.04. The molecule has 0 spiro atoms. The molecule has 4 aromatic rings. The van der Waals surface area contributed by atoms with Gasteiger partial charge in [-0.25, -0.2) is 9.18 Å². The van der Waals surface area contributed by atoms with Gasteiger partial charge < -0.3 is 16.2 Å². The van der Waals surface area contributed by atoms with E-state index in [4.69, 9.17) is 5.73 Å². The van der Waals surface area contributed by atoms with Crippen molar-refractivity contribution in [3.05, 3.63) is 77.0 Å². The van der Waals surface area contributed by atoms with E-state index in [1.807, 2.05) is 0 Å². The van der Waals surface area contributed by atoms with E-state index in [1.54, 1.807) is 41.8 Å². The van der Waals surface area contributed by atoms with Gasteiger partial charge in [0.1, 0.15) is 5.82 Å². The van der Waals surface area contributed by atoms with Crippen LogP contribution in [0.2, 0.25) is 0 Å². The Balaban J connectivity index is 1.80. The Bertz CT molecular complexity index is 1330. The van der Waals surface area contributed by atoms with E-state index < -0.39 is 11.9 Å². The van der Waals surface area contributed by atoms with Gasteiger partial charge in [0.2, 0.25) is 17.7 Å². The zero-order chi connectivity index (χ0) is 22.1. The number of fused-ring (bicyclic) bond motifs is 1. The number of nitrogens with two attached hydrogens (primary N) is 1. The third kappa shape index (κ3) is 3.90. The molecule has 0 aliphatic heterocycles. The summed E-state index contributed by atoms with van der Waals surface area (Å²) in [4.78, 5) is 35.9. The van der Waals surface area contributed by atoms with Crippen molar-refractivity contribution < 1.29 is 19.1 Å². The summed E-state index contributed by atoms with van der Waals surface area (Å²) in [5, 5.41) is 12.9. The van der Waals surface area contributed by atoms with Crippen LogP contribution in [0.25, 0.3) is 16.9 Å². The van der Waals surface area contributed by atoms with Crippen molar-refractivity contribution in [2.24, 2.45) is 5.73 Å². The van der Waals surface area contributed by atoms with Gasteiger partial charge in [-0.05, 0) is 42.8 Å². The lowest BCUT2D eigenvalue weighted by molar-refractivity contribution is 0.0698. The van der Waals surface area contributed by atoms with E-state index in [0.29, 0.717) is 22.2 Å². The highest BCUT2D eigenvalue weighted by atomic mass is 19.1. The first kappa shape index (κ1) is 20.0. The number of carboxylic acid groups (broad SMARTS) is 1. The molecule has 10 heteroatoms. The minimum Gasteiger partial charge on any atom is -0.478 e. The summed E-state index contributed by atoms with van der Waals surface area (Å²) < 4.78 is 15.0. The van der Waals surface area contributed by atoms with E-state index in [9.17, 15) is 19.1 Å². The maximum Gasteiger partial charge on any atom is 0.336 e. The van der Waals surface area contributed by atoms with Crippen LogP contribution in [0.1, 0.15) is 32.2 Å². The first-order chi connectivity index (χ1) is 14.8. The molecule has 9 nitrogen and oxygen atoms in total. The number of carbonyl (C=O) groups is 2. The average Bonchev–Trinajstić information content (AvgIpc) is 3.07. The molecule has 156 valence electrons. The van der Waals surface area contributed by atoms with Crippen LogP contribution in [0.4, 0.5) is 10.3 Å². The minimum absolute atomic E-state index is 0.0682. The van der Waals surface area contributed by atoms with Crippen molar-refractivity contribution in [2.75, 3.05) is 5.32 Å². The topological polar surface area (TPSA) is 136 Å². The number of halogens is 1. The van der Waals surface area contributed by atoms with Crippen LogP contribution in [0.15, 0.2) is 48.5 Å². The highest BCUT2D eigenvalue weighted by Crippen LogP contribution is 2.26. The largest absolute Gasteiger partial charge is 0.478 e. The van der Waals surface area contributed by atoms with Crippen LogP contribution in [0.3, 0.4) is 0 Å². The van der Waals surface area contributed by atoms with Gasteiger partial charge in [0.05, 0.1) is 11.1 Å². The molecular weight excluding hydrogens is 403 g/mol. The summed E-state index contributed by atoms with van der Waals surface area (Å²) in [7, 11) is 0. The lowest BCUT2D eigenvalue weighted by atomic mass is 10.1. The van der Waals surface area contributed by atoms with Crippen LogP contribution < -0.4 is 11.1 Å². The molecule has 0 radical (unpaired) electrons. The zero-order valence-corrected chi connectivity index (χ0v) is 16.3. The van der Waals surface area contributed by atoms with Gasteiger partial charge in [-0.3, -0.25) is 9.36 Å². The predicted molar refractivity (Wildman–Crippen MR) is 111 cm³/mol. The number of anilines is 1. The molecule has 0 aliphatic rings. The molecule has 0 unspecified atom stereocenters. The molecular formula is C21H17FN6O3. The quantitative estimate of drug-likeness (QED) is 0.436. The standard InChI is InChI=1S/C21H17FN6O3/c1-11-8-15-14(19(30)31)6-3-7-16(15)28(11)21-26-18(17(23)29)25-20(27-21)24-10-12-4-2-5-13(22)9-12/h2-9H,10H2,1H3,(H2,23,29)(H,30,31)(H,24,25,26,27). The number of hydrogen-bond donors (Lipinski definition) is 3. The predicted octanol–water partition coefficient (Wildman–Crippen LogP) is 2.67. The number of benzene rings is 2. The maximum atomic E-state index is 13.4. The summed E-state index contributed by atoms with van der Waals surface area (Å²) >= 11 is 0. The zero-order valence-electron chi connectivity index (χ0n) is 16.3. The van der Waals surface area contributed by atoms with Crippen molar-refractivity contribution in [2.45, 2.75) is 13.5 Å². The number of carboxylic acids is 1. The summed E-state index contributed by atoms with van der Waals surface area (Å²) in [6.07, 6.45) is 0. The number of primary amides is 1. The summed E-state index contributed by atoms with van der Waals surface area (Å²) in [5.41, 5.74) is 7.38. The van der Waals surface area contributed by atoms with Gasteiger partial charge in [0, 0.05) is 17.6 Å². The molecule has 0 aliphatic carbocycles. The highest BCUT2D eigenvalue weighted by Gasteiger charge is 2.18. The normalized spacial score (nSPS) is 10.9. The second-order valence-corrected chi connectivity index (χ2v) is 6.80. The molecule has 4 N–H and O–H groups in total. The maximum absolute atomic E-state index is 13.4. The SMILES string of the molecule is Cc1cc2c(C(=O)O)cccc2n1-c1nc(NCc2cccc(F)c2)nc(C(N)=O)n1. The summed E-state index contributed by atoms with van der Waals surface area (Å²) in [6.45, 7) is 1.97. The molecule has 2 aromatic heterocycles. The molecule has 0 saturated carbocycles. The molecule has 0 fully saturated rings. The molecule has 31 heavy (non-hydrogen) atoms. The van der Waals surface area contributed by atoms with Crippen molar-refractivity contribution in [3.63, 3.8) is 0 Å². The van der Waals surface area contributed by atoms with E-state index in [0.717, 1.165) is 0 Å². The van der Waals surface area contributed by atoms with Crippen molar-refractivity contribution in [1.29, 1.82) is 0 Å². The van der Waals surface area contributed by atoms with Gasteiger partial charge in [-0.15, -0.1) is 0 Å². The molecule has 1 amide bonds.